The van der Waals surface area contributed by atoms with Crippen molar-refractivity contribution in [3.05, 3.63) is 0 Å². The van der Waals surface area contributed by atoms with Gasteiger partial charge in [0.25, 0.3) is 0 Å². The summed E-state index contributed by atoms with van der Waals surface area (Å²) in [4.78, 5) is 16.2. The van der Waals surface area contributed by atoms with E-state index in [0.29, 0.717) is 6.04 Å². The lowest BCUT2D eigenvalue weighted by molar-refractivity contribution is -0.146. The van der Waals surface area contributed by atoms with Gasteiger partial charge in [0.15, 0.2) is 0 Å². The molecule has 0 spiro atoms. The molecule has 0 aliphatic carbocycles. The van der Waals surface area contributed by atoms with Crippen molar-refractivity contribution in [1.29, 1.82) is 0 Å². The molecular formula is C12H23N3O2. The Morgan fingerprint density at radius 1 is 1.41 bits per heavy atom. The van der Waals surface area contributed by atoms with E-state index in [1.54, 1.807) is 0 Å². The fraction of sp³-hybridized carbons (Fsp3) is 0.917. The highest BCUT2D eigenvalue weighted by atomic mass is 16.5. The molecule has 5 nitrogen and oxygen atoms in total. The predicted molar refractivity (Wildman–Crippen MR) is 65.9 cm³/mol. The van der Waals surface area contributed by atoms with Crippen molar-refractivity contribution >= 4 is 5.97 Å². The molecule has 5 heteroatoms. The monoisotopic (exact) mass is 241 g/mol. The summed E-state index contributed by atoms with van der Waals surface area (Å²) in [5.74, 6) is -0.111. The Kier molecular flexibility index (Phi) is 4.36. The maximum absolute atomic E-state index is 11.3. The lowest BCUT2D eigenvalue weighted by Gasteiger charge is -2.47. The van der Waals surface area contributed by atoms with Gasteiger partial charge in [0.1, 0.15) is 0 Å². The normalized spacial score (nSPS) is 25.3. The second-order valence-corrected chi connectivity index (χ2v) is 5.08. The summed E-state index contributed by atoms with van der Waals surface area (Å²) in [5.41, 5.74) is 0. The quantitative estimate of drug-likeness (QED) is 0.665. The van der Waals surface area contributed by atoms with Gasteiger partial charge in [-0.25, -0.2) is 0 Å². The number of ether oxygens (including phenoxy) is 1. The van der Waals surface area contributed by atoms with E-state index in [1.165, 1.54) is 7.11 Å². The lowest BCUT2D eigenvalue weighted by Crippen LogP contribution is -2.63. The van der Waals surface area contributed by atoms with Crippen LogP contribution in [0.25, 0.3) is 0 Å². The first kappa shape index (κ1) is 12.8. The Bertz CT molecular complexity index is 260. The molecule has 2 aliphatic rings. The number of rotatable bonds is 4. The van der Waals surface area contributed by atoms with E-state index in [2.05, 4.69) is 15.1 Å². The van der Waals surface area contributed by atoms with Gasteiger partial charge in [-0.3, -0.25) is 14.6 Å². The van der Waals surface area contributed by atoms with E-state index in [-0.39, 0.29) is 11.9 Å². The fourth-order valence-electron chi connectivity index (χ4n) is 2.63. The molecule has 0 radical (unpaired) electrons. The van der Waals surface area contributed by atoms with Crippen LogP contribution in [-0.4, -0.2) is 74.7 Å². The minimum atomic E-state index is -0.101. The van der Waals surface area contributed by atoms with Gasteiger partial charge in [-0.15, -0.1) is 0 Å². The summed E-state index contributed by atoms with van der Waals surface area (Å²) in [5, 5.41) is 3.37. The summed E-state index contributed by atoms with van der Waals surface area (Å²) in [6, 6.07) is 0.696. The Labute approximate surface area is 103 Å². The first-order valence-electron chi connectivity index (χ1n) is 6.45. The van der Waals surface area contributed by atoms with Crippen LogP contribution in [0.4, 0.5) is 0 Å². The molecule has 98 valence electrons. The number of hydrogen-bond donors (Lipinski definition) is 1. The summed E-state index contributed by atoms with van der Waals surface area (Å²) in [6.07, 6.45) is 0. The van der Waals surface area contributed by atoms with E-state index in [0.717, 1.165) is 45.8 Å². The SMILES string of the molecule is COC(=O)C(C)CN1CC(N2CCNCC2)C1. The molecule has 2 heterocycles. The highest BCUT2D eigenvalue weighted by Gasteiger charge is 2.33. The summed E-state index contributed by atoms with van der Waals surface area (Å²) < 4.78 is 4.74. The number of piperazine rings is 1. The van der Waals surface area contributed by atoms with Gasteiger partial charge in [-0.2, -0.15) is 0 Å². The number of nitrogens with zero attached hydrogens (tertiary/aromatic N) is 2. The Morgan fingerprint density at radius 2 is 2.06 bits per heavy atom. The number of nitrogens with one attached hydrogen (secondary N) is 1. The molecule has 1 N–H and O–H groups in total. The van der Waals surface area contributed by atoms with Crippen LogP contribution in [0.5, 0.6) is 0 Å². The fourth-order valence-corrected chi connectivity index (χ4v) is 2.63. The third kappa shape index (κ3) is 3.18. The van der Waals surface area contributed by atoms with Gasteiger partial charge >= 0.3 is 5.97 Å². The minimum absolute atomic E-state index is 0.0102. The van der Waals surface area contributed by atoms with E-state index >= 15 is 0 Å². The standard InChI is InChI=1S/C12H23N3O2/c1-10(12(16)17-2)7-14-8-11(9-14)15-5-3-13-4-6-15/h10-11,13H,3-9H2,1-2H3. The predicted octanol–water partition coefficient (Wildman–Crippen LogP) is -0.615. The highest BCUT2D eigenvalue weighted by Crippen LogP contribution is 2.17. The van der Waals surface area contributed by atoms with Gasteiger partial charge in [0.2, 0.25) is 0 Å². The average molecular weight is 241 g/mol. The van der Waals surface area contributed by atoms with Gasteiger partial charge < -0.3 is 10.1 Å². The number of carbonyl (C=O) groups excluding carboxylic acids is 1. The molecule has 2 fully saturated rings. The molecule has 0 saturated carbocycles. The topological polar surface area (TPSA) is 44.8 Å². The zero-order valence-corrected chi connectivity index (χ0v) is 10.8. The Balaban J connectivity index is 1.66. The van der Waals surface area contributed by atoms with E-state index in [1.807, 2.05) is 6.92 Å². The maximum atomic E-state index is 11.3. The summed E-state index contributed by atoms with van der Waals surface area (Å²) in [6.45, 7) is 9.49. The van der Waals surface area contributed by atoms with Crippen LogP contribution >= 0.6 is 0 Å². The number of carbonyl (C=O) groups is 1. The molecule has 1 unspecified atom stereocenters. The largest absolute Gasteiger partial charge is 0.469 e. The van der Waals surface area contributed by atoms with Gasteiger partial charge in [0, 0.05) is 51.9 Å². The molecule has 0 bridgehead atoms. The molecule has 17 heavy (non-hydrogen) atoms. The van der Waals surface area contributed by atoms with E-state index in [4.69, 9.17) is 4.74 Å². The molecule has 0 amide bonds. The molecule has 2 saturated heterocycles. The number of esters is 1. The van der Waals surface area contributed by atoms with Gasteiger partial charge in [0.05, 0.1) is 13.0 Å². The van der Waals surface area contributed by atoms with E-state index in [9.17, 15) is 4.79 Å². The van der Waals surface area contributed by atoms with Crippen molar-refractivity contribution in [2.75, 3.05) is 52.9 Å². The first-order chi connectivity index (χ1) is 8.20. The van der Waals surface area contributed by atoms with Crippen LogP contribution in [-0.2, 0) is 9.53 Å². The molecular weight excluding hydrogens is 218 g/mol. The second-order valence-electron chi connectivity index (χ2n) is 5.08. The van der Waals surface area contributed by atoms with Gasteiger partial charge in [-0.1, -0.05) is 6.92 Å². The Hall–Kier alpha value is -0.650. The van der Waals surface area contributed by atoms with Crippen LogP contribution in [0, 0.1) is 5.92 Å². The molecule has 0 aromatic heterocycles. The van der Waals surface area contributed by atoms with Crippen LogP contribution in [0.15, 0.2) is 0 Å². The Morgan fingerprint density at radius 3 is 2.65 bits per heavy atom. The smallest absolute Gasteiger partial charge is 0.309 e. The maximum Gasteiger partial charge on any atom is 0.309 e. The number of hydrogen-bond acceptors (Lipinski definition) is 5. The van der Waals surface area contributed by atoms with Crippen molar-refractivity contribution in [2.24, 2.45) is 5.92 Å². The third-order valence-corrected chi connectivity index (χ3v) is 3.74. The molecule has 2 aliphatic heterocycles. The minimum Gasteiger partial charge on any atom is -0.469 e. The van der Waals surface area contributed by atoms with Crippen LogP contribution in [0.3, 0.4) is 0 Å². The van der Waals surface area contributed by atoms with Crippen molar-refractivity contribution in [2.45, 2.75) is 13.0 Å². The number of likely N-dealkylation sites (tertiary alicyclic amines) is 1. The molecule has 1 atom stereocenters. The number of methoxy groups -OCH3 is 1. The summed E-state index contributed by atoms with van der Waals surface area (Å²) >= 11 is 0. The van der Waals surface area contributed by atoms with Crippen LogP contribution in [0.2, 0.25) is 0 Å². The van der Waals surface area contributed by atoms with Crippen molar-refractivity contribution in [3.8, 4) is 0 Å². The van der Waals surface area contributed by atoms with Crippen LogP contribution < -0.4 is 5.32 Å². The lowest BCUT2D eigenvalue weighted by atomic mass is 10.0. The first-order valence-corrected chi connectivity index (χ1v) is 6.45. The van der Waals surface area contributed by atoms with Crippen molar-refractivity contribution in [1.82, 2.24) is 15.1 Å². The van der Waals surface area contributed by atoms with Gasteiger partial charge in [-0.05, 0) is 0 Å². The van der Waals surface area contributed by atoms with Crippen molar-refractivity contribution < 1.29 is 9.53 Å². The van der Waals surface area contributed by atoms with Crippen LogP contribution in [0.1, 0.15) is 6.92 Å². The van der Waals surface area contributed by atoms with Crippen molar-refractivity contribution in [3.63, 3.8) is 0 Å². The average Bonchev–Trinajstić information content (AvgIpc) is 2.33. The third-order valence-electron chi connectivity index (χ3n) is 3.74. The molecule has 0 aromatic carbocycles. The molecule has 0 aromatic rings. The highest BCUT2D eigenvalue weighted by molar-refractivity contribution is 5.72. The second kappa shape index (κ2) is 5.80. The molecule has 2 rings (SSSR count). The summed E-state index contributed by atoms with van der Waals surface area (Å²) in [7, 11) is 1.46. The van der Waals surface area contributed by atoms with E-state index < -0.39 is 0 Å². The zero-order valence-electron chi connectivity index (χ0n) is 10.8. The zero-order chi connectivity index (χ0) is 12.3.